The maximum absolute atomic E-state index is 13.0. The monoisotopic (exact) mass is 272 g/mol. The Morgan fingerprint density at radius 2 is 2.15 bits per heavy atom. The number of amides is 1. The minimum atomic E-state index is -0.144. The maximum atomic E-state index is 13.0. The van der Waals surface area contributed by atoms with Crippen LogP contribution in [0.3, 0.4) is 0 Å². The number of fused-ring (bicyclic) bond motifs is 1. The predicted octanol–water partition coefficient (Wildman–Crippen LogP) is 2.66. The molecule has 2 aliphatic rings. The second-order valence-electron chi connectivity index (χ2n) is 6.07. The van der Waals surface area contributed by atoms with E-state index in [4.69, 9.17) is 0 Å². The van der Waals surface area contributed by atoms with Gasteiger partial charge in [0.1, 0.15) is 6.04 Å². The van der Waals surface area contributed by atoms with Crippen molar-refractivity contribution < 1.29 is 4.79 Å². The fourth-order valence-electron chi connectivity index (χ4n) is 3.74. The van der Waals surface area contributed by atoms with Gasteiger partial charge < -0.3 is 10.2 Å². The van der Waals surface area contributed by atoms with Gasteiger partial charge in [0.05, 0.1) is 0 Å². The van der Waals surface area contributed by atoms with Crippen molar-refractivity contribution in [3.63, 3.8) is 0 Å². The topological polar surface area (TPSA) is 32.3 Å². The Labute approximate surface area is 121 Å². The van der Waals surface area contributed by atoms with Gasteiger partial charge in [-0.05, 0) is 43.7 Å². The van der Waals surface area contributed by atoms with Gasteiger partial charge in [-0.3, -0.25) is 4.79 Å². The molecule has 0 bridgehead atoms. The van der Waals surface area contributed by atoms with Gasteiger partial charge in [0.25, 0.3) is 0 Å². The lowest BCUT2D eigenvalue weighted by atomic mass is 9.93. The van der Waals surface area contributed by atoms with E-state index in [1.165, 1.54) is 11.1 Å². The molecule has 0 spiro atoms. The van der Waals surface area contributed by atoms with E-state index in [1.54, 1.807) is 0 Å². The van der Waals surface area contributed by atoms with Crippen LogP contribution >= 0.6 is 0 Å². The summed E-state index contributed by atoms with van der Waals surface area (Å²) in [6.07, 6.45) is 4.37. The molecule has 1 aromatic carbocycles. The molecule has 0 radical (unpaired) electrons. The van der Waals surface area contributed by atoms with Crippen LogP contribution in [-0.4, -0.2) is 29.4 Å². The van der Waals surface area contributed by atoms with Crippen LogP contribution in [0.1, 0.15) is 50.3 Å². The number of carbonyl (C=O) groups is 1. The van der Waals surface area contributed by atoms with Crippen molar-refractivity contribution in [2.75, 3.05) is 6.54 Å². The summed E-state index contributed by atoms with van der Waals surface area (Å²) >= 11 is 0. The Kier molecular flexibility index (Phi) is 3.79. The quantitative estimate of drug-likeness (QED) is 0.897. The van der Waals surface area contributed by atoms with Gasteiger partial charge in [0, 0.05) is 18.6 Å². The number of hydrogen-bond acceptors (Lipinski definition) is 2. The molecule has 2 heterocycles. The zero-order valence-electron chi connectivity index (χ0n) is 12.4. The average Bonchev–Trinajstić information content (AvgIpc) is 2.87. The van der Waals surface area contributed by atoms with E-state index in [9.17, 15) is 4.79 Å². The third kappa shape index (κ3) is 2.24. The zero-order valence-corrected chi connectivity index (χ0v) is 12.4. The van der Waals surface area contributed by atoms with Gasteiger partial charge in [-0.15, -0.1) is 0 Å². The Balaban J connectivity index is 1.88. The number of nitrogens with zero attached hydrogens (tertiary/aromatic N) is 1. The summed E-state index contributed by atoms with van der Waals surface area (Å²) in [5.74, 6) is 0.272. The lowest BCUT2D eigenvalue weighted by Gasteiger charge is -2.34. The molecule has 3 heteroatoms. The van der Waals surface area contributed by atoms with Crippen LogP contribution in [0.25, 0.3) is 0 Å². The molecule has 1 aromatic rings. The first-order chi connectivity index (χ1) is 9.72. The van der Waals surface area contributed by atoms with Gasteiger partial charge in [-0.1, -0.05) is 31.2 Å². The van der Waals surface area contributed by atoms with Gasteiger partial charge in [0.15, 0.2) is 0 Å². The molecule has 20 heavy (non-hydrogen) atoms. The molecule has 0 aromatic heterocycles. The van der Waals surface area contributed by atoms with Crippen LogP contribution in [-0.2, 0) is 11.2 Å². The standard InChI is InChI=1S/C17H24N2O/c1-3-14-9-8-12(2)19(14)17(20)16-15-7-5-4-6-13(15)10-11-18-16/h4-7,12,14,16,18H,3,8-11H2,1-2H3. The summed E-state index contributed by atoms with van der Waals surface area (Å²) in [5.41, 5.74) is 2.50. The highest BCUT2D eigenvalue weighted by atomic mass is 16.2. The summed E-state index contributed by atoms with van der Waals surface area (Å²) in [5, 5.41) is 3.43. The average molecular weight is 272 g/mol. The molecule has 3 nitrogen and oxygen atoms in total. The molecule has 0 aliphatic carbocycles. The SMILES string of the molecule is CCC1CCC(C)N1C(=O)C1NCCc2ccccc21. The lowest BCUT2D eigenvalue weighted by molar-refractivity contribution is -0.136. The van der Waals surface area contributed by atoms with E-state index in [2.05, 4.69) is 42.3 Å². The largest absolute Gasteiger partial charge is 0.335 e. The van der Waals surface area contributed by atoms with Crippen LogP contribution in [0.2, 0.25) is 0 Å². The summed E-state index contributed by atoms with van der Waals surface area (Å²) < 4.78 is 0. The summed E-state index contributed by atoms with van der Waals surface area (Å²) in [6, 6.07) is 9.02. The number of rotatable bonds is 2. The van der Waals surface area contributed by atoms with Crippen LogP contribution in [0.4, 0.5) is 0 Å². The van der Waals surface area contributed by atoms with E-state index < -0.39 is 0 Å². The number of nitrogens with one attached hydrogen (secondary N) is 1. The van der Waals surface area contributed by atoms with Crippen molar-refractivity contribution in [1.29, 1.82) is 0 Å². The van der Waals surface area contributed by atoms with Crippen molar-refractivity contribution in [3.8, 4) is 0 Å². The second-order valence-corrected chi connectivity index (χ2v) is 6.07. The van der Waals surface area contributed by atoms with Gasteiger partial charge in [-0.2, -0.15) is 0 Å². The van der Waals surface area contributed by atoms with E-state index in [1.807, 2.05) is 6.07 Å². The zero-order chi connectivity index (χ0) is 14.1. The fourth-order valence-corrected chi connectivity index (χ4v) is 3.74. The highest BCUT2D eigenvalue weighted by molar-refractivity contribution is 5.85. The normalized spacial score (nSPS) is 29.3. The summed E-state index contributed by atoms with van der Waals surface area (Å²) in [4.78, 5) is 15.1. The molecular formula is C17H24N2O. The molecule has 108 valence electrons. The first-order valence-corrected chi connectivity index (χ1v) is 7.85. The lowest BCUT2D eigenvalue weighted by Crippen LogP contribution is -2.48. The Morgan fingerprint density at radius 1 is 1.35 bits per heavy atom. The minimum Gasteiger partial charge on any atom is -0.335 e. The minimum absolute atomic E-state index is 0.144. The summed E-state index contributed by atoms with van der Waals surface area (Å²) in [7, 11) is 0. The van der Waals surface area contributed by atoms with E-state index in [0.29, 0.717) is 12.1 Å². The van der Waals surface area contributed by atoms with E-state index in [-0.39, 0.29) is 11.9 Å². The van der Waals surface area contributed by atoms with Crippen LogP contribution in [0.15, 0.2) is 24.3 Å². The van der Waals surface area contributed by atoms with Crippen LogP contribution < -0.4 is 5.32 Å². The molecule has 1 N–H and O–H groups in total. The molecule has 3 unspecified atom stereocenters. The van der Waals surface area contributed by atoms with Crippen molar-refractivity contribution in [2.24, 2.45) is 0 Å². The third-order valence-corrected chi connectivity index (χ3v) is 4.87. The molecule has 2 aliphatic heterocycles. The first-order valence-electron chi connectivity index (χ1n) is 7.85. The Morgan fingerprint density at radius 3 is 2.95 bits per heavy atom. The molecule has 3 atom stereocenters. The number of carbonyl (C=O) groups excluding carboxylic acids is 1. The Hall–Kier alpha value is -1.35. The molecule has 0 saturated carbocycles. The van der Waals surface area contributed by atoms with Crippen LogP contribution in [0, 0.1) is 0 Å². The third-order valence-electron chi connectivity index (χ3n) is 4.87. The van der Waals surface area contributed by atoms with E-state index >= 15 is 0 Å². The molecule has 1 saturated heterocycles. The number of likely N-dealkylation sites (tertiary alicyclic amines) is 1. The molecule has 1 amide bonds. The van der Waals surface area contributed by atoms with E-state index in [0.717, 1.165) is 32.2 Å². The molecule has 1 fully saturated rings. The van der Waals surface area contributed by atoms with Gasteiger partial charge in [0.2, 0.25) is 5.91 Å². The summed E-state index contributed by atoms with van der Waals surface area (Å²) in [6.45, 7) is 5.26. The fraction of sp³-hybridized carbons (Fsp3) is 0.588. The Bertz CT molecular complexity index is 500. The van der Waals surface area contributed by atoms with Gasteiger partial charge >= 0.3 is 0 Å². The smallest absolute Gasteiger partial charge is 0.244 e. The molecular weight excluding hydrogens is 248 g/mol. The first kappa shape index (κ1) is 13.6. The van der Waals surface area contributed by atoms with Crippen molar-refractivity contribution in [3.05, 3.63) is 35.4 Å². The number of benzene rings is 1. The highest BCUT2D eigenvalue weighted by Crippen LogP contribution is 2.31. The molecule has 3 rings (SSSR count). The predicted molar refractivity (Wildman–Crippen MR) is 80.5 cm³/mol. The highest BCUT2D eigenvalue weighted by Gasteiger charge is 2.38. The van der Waals surface area contributed by atoms with Crippen molar-refractivity contribution in [1.82, 2.24) is 10.2 Å². The maximum Gasteiger partial charge on any atom is 0.244 e. The van der Waals surface area contributed by atoms with Gasteiger partial charge in [-0.25, -0.2) is 0 Å². The van der Waals surface area contributed by atoms with Crippen molar-refractivity contribution in [2.45, 2.75) is 57.7 Å². The number of hydrogen-bond donors (Lipinski definition) is 1. The van der Waals surface area contributed by atoms with Crippen molar-refractivity contribution >= 4 is 5.91 Å². The second kappa shape index (κ2) is 5.57. The van der Waals surface area contributed by atoms with Crippen LogP contribution in [0.5, 0.6) is 0 Å².